The van der Waals surface area contributed by atoms with E-state index in [4.69, 9.17) is 4.74 Å². The summed E-state index contributed by atoms with van der Waals surface area (Å²) in [6, 6.07) is 5.44. The van der Waals surface area contributed by atoms with Crippen molar-refractivity contribution >= 4 is 15.9 Å². The molecule has 0 aliphatic carbocycles. The second-order valence-corrected chi connectivity index (χ2v) is 7.85. The molecule has 1 amide bonds. The molecule has 0 atom stereocenters. The molecule has 1 N–H and O–H groups in total. The summed E-state index contributed by atoms with van der Waals surface area (Å²) in [5.74, 6) is -0.0999. The van der Waals surface area contributed by atoms with E-state index < -0.39 is 15.9 Å². The molecular formula is C16H17N3O4S. The van der Waals surface area contributed by atoms with Gasteiger partial charge in [-0.2, -0.15) is 0 Å². The van der Waals surface area contributed by atoms with Crippen molar-refractivity contribution in [2.75, 3.05) is 0 Å². The van der Waals surface area contributed by atoms with Crippen LogP contribution in [0.3, 0.4) is 0 Å². The molecule has 1 aromatic carbocycles. The van der Waals surface area contributed by atoms with E-state index in [1.54, 1.807) is 12.3 Å². The molecule has 3 heterocycles. The first kappa shape index (κ1) is 15.3. The summed E-state index contributed by atoms with van der Waals surface area (Å²) in [6.07, 6.45) is 3.43. The van der Waals surface area contributed by atoms with Gasteiger partial charge in [0.15, 0.2) is 0 Å². The lowest BCUT2D eigenvalue weighted by Gasteiger charge is -2.07. The average Bonchev–Trinajstić information content (AvgIpc) is 3.20. The van der Waals surface area contributed by atoms with Crippen molar-refractivity contribution in [1.82, 2.24) is 14.3 Å². The van der Waals surface area contributed by atoms with Crippen molar-refractivity contribution in [3.63, 3.8) is 0 Å². The maximum atomic E-state index is 12.3. The molecular weight excluding hydrogens is 330 g/mol. The fourth-order valence-corrected chi connectivity index (χ4v) is 4.21. The Morgan fingerprint density at radius 2 is 2.12 bits per heavy atom. The van der Waals surface area contributed by atoms with Crippen molar-refractivity contribution in [3.05, 3.63) is 52.6 Å². The second kappa shape index (κ2) is 5.71. The Hall–Kier alpha value is -2.19. The van der Waals surface area contributed by atoms with Crippen LogP contribution in [0.1, 0.15) is 39.4 Å². The van der Waals surface area contributed by atoms with Gasteiger partial charge >= 0.3 is 0 Å². The number of aryl methyl sites for hydroxylation is 2. The minimum atomic E-state index is -3.78. The van der Waals surface area contributed by atoms with Crippen LogP contribution >= 0.6 is 0 Å². The summed E-state index contributed by atoms with van der Waals surface area (Å²) >= 11 is 0. The normalized spacial score (nSPS) is 16.0. The summed E-state index contributed by atoms with van der Waals surface area (Å²) in [5.41, 5.74) is 2.86. The number of rotatable bonds is 4. The predicted octanol–water partition coefficient (Wildman–Crippen LogP) is 1.12. The summed E-state index contributed by atoms with van der Waals surface area (Å²) in [5, 5.41) is 0. The second-order valence-electron chi connectivity index (χ2n) is 6.13. The summed E-state index contributed by atoms with van der Waals surface area (Å²) in [4.78, 5) is 16.4. The van der Waals surface area contributed by atoms with Crippen LogP contribution in [0, 0.1) is 0 Å². The molecule has 0 fully saturated rings. The number of nitrogens with zero attached hydrogens (tertiary/aromatic N) is 2. The Morgan fingerprint density at radius 3 is 2.96 bits per heavy atom. The van der Waals surface area contributed by atoms with Gasteiger partial charge < -0.3 is 9.30 Å². The predicted molar refractivity (Wildman–Crippen MR) is 85.6 cm³/mol. The molecule has 2 aromatic rings. The molecule has 0 bridgehead atoms. The highest BCUT2D eigenvalue weighted by Gasteiger charge is 2.22. The lowest BCUT2D eigenvalue weighted by molar-refractivity contribution is 0.0976. The number of nitrogens with one attached hydrogen (secondary N) is 1. The topological polar surface area (TPSA) is 90.3 Å². The smallest absolute Gasteiger partial charge is 0.284 e. The van der Waals surface area contributed by atoms with Crippen LogP contribution < -0.4 is 4.72 Å². The number of carbonyl (C=O) groups excluding carboxylic acids is 1. The summed E-state index contributed by atoms with van der Waals surface area (Å²) in [6.45, 7) is 1.87. The van der Waals surface area contributed by atoms with Crippen molar-refractivity contribution in [1.29, 1.82) is 0 Å². The van der Waals surface area contributed by atoms with E-state index in [-0.39, 0.29) is 11.4 Å². The van der Waals surface area contributed by atoms with Crippen LogP contribution in [-0.2, 0) is 46.7 Å². The van der Waals surface area contributed by atoms with E-state index >= 15 is 0 Å². The summed E-state index contributed by atoms with van der Waals surface area (Å²) < 4.78 is 33.8. The Balaban J connectivity index is 1.47. The van der Waals surface area contributed by atoms with E-state index in [1.165, 1.54) is 0 Å². The minimum Gasteiger partial charge on any atom is -0.372 e. The average molecular weight is 347 g/mol. The largest absolute Gasteiger partial charge is 0.372 e. The zero-order chi connectivity index (χ0) is 16.7. The van der Waals surface area contributed by atoms with E-state index in [1.807, 2.05) is 16.7 Å². The quantitative estimate of drug-likeness (QED) is 0.895. The highest BCUT2D eigenvalue weighted by Crippen LogP contribution is 2.22. The zero-order valence-corrected chi connectivity index (χ0v) is 13.8. The maximum Gasteiger partial charge on any atom is 0.284 e. The Bertz CT molecular complexity index is 896. The number of amides is 1. The van der Waals surface area contributed by atoms with Gasteiger partial charge in [-0.05, 0) is 23.1 Å². The molecule has 24 heavy (non-hydrogen) atoms. The molecule has 0 saturated heterocycles. The Kier molecular flexibility index (Phi) is 3.65. The molecule has 0 radical (unpaired) electrons. The van der Waals surface area contributed by atoms with Crippen LogP contribution in [-0.4, -0.2) is 23.9 Å². The molecule has 1 aromatic heterocycles. The van der Waals surface area contributed by atoms with Crippen molar-refractivity contribution < 1.29 is 17.9 Å². The molecule has 8 heteroatoms. The number of sulfonamides is 1. The van der Waals surface area contributed by atoms with E-state index in [0.717, 1.165) is 36.3 Å². The molecule has 0 saturated carbocycles. The van der Waals surface area contributed by atoms with Gasteiger partial charge in [-0.25, -0.2) is 18.1 Å². The van der Waals surface area contributed by atoms with Gasteiger partial charge in [0.1, 0.15) is 11.5 Å². The van der Waals surface area contributed by atoms with Crippen LogP contribution in [0.4, 0.5) is 0 Å². The SMILES string of the molecule is O=C(NS(=O)(=O)Cc1ccc2c(c1)COC2)c1cn2c(n1)CCC2. The lowest BCUT2D eigenvalue weighted by atomic mass is 10.1. The number of hydrogen-bond acceptors (Lipinski definition) is 5. The first-order chi connectivity index (χ1) is 11.5. The number of imidazole rings is 1. The molecule has 4 rings (SSSR count). The molecule has 0 unspecified atom stereocenters. The van der Waals surface area contributed by atoms with Gasteiger partial charge in [0.2, 0.25) is 10.0 Å². The molecule has 0 spiro atoms. The van der Waals surface area contributed by atoms with Gasteiger partial charge in [0.25, 0.3) is 5.91 Å². The van der Waals surface area contributed by atoms with E-state index in [9.17, 15) is 13.2 Å². The lowest BCUT2D eigenvalue weighted by Crippen LogP contribution is -2.32. The first-order valence-corrected chi connectivity index (χ1v) is 9.45. The van der Waals surface area contributed by atoms with Crippen molar-refractivity contribution in [2.24, 2.45) is 0 Å². The fourth-order valence-electron chi connectivity index (χ4n) is 3.13. The van der Waals surface area contributed by atoms with Crippen LogP contribution in [0.2, 0.25) is 0 Å². The molecule has 7 nitrogen and oxygen atoms in total. The minimum absolute atomic E-state index is 0.149. The molecule has 126 valence electrons. The monoisotopic (exact) mass is 347 g/mol. The van der Waals surface area contributed by atoms with Crippen LogP contribution in [0.25, 0.3) is 0 Å². The van der Waals surface area contributed by atoms with Crippen LogP contribution in [0.15, 0.2) is 24.4 Å². The molecule has 2 aliphatic heterocycles. The number of fused-ring (bicyclic) bond motifs is 2. The van der Waals surface area contributed by atoms with E-state index in [2.05, 4.69) is 9.71 Å². The fraction of sp³-hybridized carbons (Fsp3) is 0.375. The van der Waals surface area contributed by atoms with Crippen LogP contribution in [0.5, 0.6) is 0 Å². The highest BCUT2D eigenvalue weighted by atomic mass is 32.2. The van der Waals surface area contributed by atoms with Gasteiger partial charge in [-0.15, -0.1) is 0 Å². The van der Waals surface area contributed by atoms with Gasteiger partial charge in [-0.1, -0.05) is 18.2 Å². The Morgan fingerprint density at radius 1 is 1.29 bits per heavy atom. The Labute approximate surface area is 139 Å². The van der Waals surface area contributed by atoms with Crippen molar-refractivity contribution in [3.8, 4) is 0 Å². The van der Waals surface area contributed by atoms with E-state index in [0.29, 0.717) is 18.8 Å². The third-order valence-electron chi connectivity index (χ3n) is 4.28. The number of carbonyl (C=O) groups is 1. The maximum absolute atomic E-state index is 12.3. The standard InChI is InChI=1S/C16H17N3O4S/c20-16(14-7-19-5-1-2-15(19)17-14)18-24(21,22)10-11-3-4-12-8-23-9-13(12)6-11/h3-4,6-7H,1-2,5,8-10H2,(H,18,20). The van der Waals surface area contributed by atoms with Crippen molar-refractivity contribution in [2.45, 2.75) is 38.4 Å². The van der Waals surface area contributed by atoms with Gasteiger partial charge in [-0.3, -0.25) is 4.79 Å². The number of ether oxygens (including phenoxy) is 1. The van der Waals surface area contributed by atoms with Gasteiger partial charge in [0.05, 0.1) is 19.0 Å². The number of benzene rings is 1. The number of aromatic nitrogens is 2. The highest BCUT2D eigenvalue weighted by molar-refractivity contribution is 7.89. The third-order valence-corrected chi connectivity index (χ3v) is 5.49. The van der Waals surface area contributed by atoms with Gasteiger partial charge in [0, 0.05) is 19.2 Å². The first-order valence-electron chi connectivity index (χ1n) is 7.79. The zero-order valence-electron chi connectivity index (χ0n) is 13.0. The third kappa shape index (κ3) is 2.94. The number of hydrogen-bond donors (Lipinski definition) is 1. The summed E-state index contributed by atoms with van der Waals surface area (Å²) in [7, 11) is -3.78. The molecule has 2 aliphatic rings.